The van der Waals surface area contributed by atoms with E-state index in [2.05, 4.69) is 9.88 Å². The zero-order chi connectivity index (χ0) is 18.0. The number of ether oxygens (including phenoxy) is 1. The number of aromatic nitrogens is 1. The van der Waals surface area contributed by atoms with E-state index >= 15 is 0 Å². The molecule has 0 saturated carbocycles. The maximum absolute atomic E-state index is 12.9. The maximum atomic E-state index is 12.9. The van der Waals surface area contributed by atoms with Crippen molar-refractivity contribution in [3.63, 3.8) is 0 Å². The van der Waals surface area contributed by atoms with Gasteiger partial charge in [0, 0.05) is 52.0 Å². The molecule has 25 heavy (non-hydrogen) atoms. The topological polar surface area (TPSA) is 66.0 Å². The average molecular weight is 389 g/mol. The lowest BCUT2D eigenvalue weighted by Gasteiger charge is -2.40. The van der Waals surface area contributed by atoms with E-state index < -0.39 is 10.2 Å². The van der Waals surface area contributed by atoms with Crippen LogP contribution in [0.5, 0.6) is 0 Å². The lowest BCUT2D eigenvalue weighted by Crippen LogP contribution is -2.57. The van der Waals surface area contributed by atoms with Crippen molar-refractivity contribution in [1.29, 1.82) is 0 Å². The van der Waals surface area contributed by atoms with E-state index in [1.165, 1.54) is 0 Å². The first kappa shape index (κ1) is 19.0. The Bertz CT molecular complexity index is 684. The highest BCUT2D eigenvalue weighted by atomic mass is 35.5. The standard InChI is InChI=1S/C16H25ClN4O3S/c1-13-10-21(11-14(2)24-13)25(22,23)20-8-6-19(7-9-20)12-16-15(17)4-3-5-18-16/h3-5,13-14H,6-12H2,1-2H3. The van der Waals surface area contributed by atoms with Crippen LogP contribution in [0.1, 0.15) is 19.5 Å². The summed E-state index contributed by atoms with van der Waals surface area (Å²) in [6.07, 6.45) is 1.57. The zero-order valence-electron chi connectivity index (χ0n) is 14.6. The molecule has 0 aliphatic carbocycles. The number of hydrogen-bond donors (Lipinski definition) is 0. The summed E-state index contributed by atoms with van der Waals surface area (Å²) in [4.78, 5) is 6.49. The number of morpholine rings is 1. The summed E-state index contributed by atoms with van der Waals surface area (Å²) in [5.41, 5.74) is 0.830. The molecule has 0 N–H and O–H groups in total. The van der Waals surface area contributed by atoms with E-state index in [0.717, 1.165) is 5.69 Å². The van der Waals surface area contributed by atoms with Gasteiger partial charge in [-0.25, -0.2) is 0 Å². The van der Waals surface area contributed by atoms with Crippen molar-refractivity contribution in [2.24, 2.45) is 0 Å². The summed E-state index contributed by atoms with van der Waals surface area (Å²) < 4.78 is 34.6. The molecule has 3 rings (SSSR count). The fraction of sp³-hybridized carbons (Fsp3) is 0.688. The van der Waals surface area contributed by atoms with Crippen LogP contribution >= 0.6 is 11.6 Å². The molecule has 7 nitrogen and oxygen atoms in total. The SMILES string of the molecule is CC1CN(S(=O)(=O)N2CCN(Cc3ncccc3Cl)CC2)CC(C)O1. The van der Waals surface area contributed by atoms with Gasteiger partial charge in [-0.1, -0.05) is 11.6 Å². The van der Waals surface area contributed by atoms with Gasteiger partial charge in [-0.15, -0.1) is 0 Å². The first-order valence-electron chi connectivity index (χ1n) is 8.58. The highest BCUT2D eigenvalue weighted by Crippen LogP contribution is 2.20. The highest BCUT2D eigenvalue weighted by molar-refractivity contribution is 7.86. The van der Waals surface area contributed by atoms with Crippen LogP contribution in [0.25, 0.3) is 0 Å². The van der Waals surface area contributed by atoms with Gasteiger partial charge in [0.2, 0.25) is 0 Å². The minimum atomic E-state index is -3.44. The number of rotatable bonds is 4. The molecule has 0 amide bonds. The summed E-state index contributed by atoms with van der Waals surface area (Å²) in [6.45, 7) is 7.58. The molecule has 2 unspecified atom stereocenters. The monoisotopic (exact) mass is 388 g/mol. The maximum Gasteiger partial charge on any atom is 0.282 e. The van der Waals surface area contributed by atoms with Crippen LogP contribution in [0, 0.1) is 0 Å². The zero-order valence-corrected chi connectivity index (χ0v) is 16.2. The molecular formula is C16H25ClN4O3S. The summed E-state index contributed by atoms with van der Waals surface area (Å²) >= 11 is 6.16. The Balaban J connectivity index is 1.59. The van der Waals surface area contributed by atoms with Gasteiger partial charge in [0.25, 0.3) is 10.2 Å². The van der Waals surface area contributed by atoms with Crippen LogP contribution in [-0.2, 0) is 21.5 Å². The van der Waals surface area contributed by atoms with Crippen LogP contribution in [0.4, 0.5) is 0 Å². The normalized spacial score (nSPS) is 27.5. The first-order chi connectivity index (χ1) is 11.9. The second-order valence-corrected chi connectivity index (χ2v) is 9.02. The molecule has 2 fully saturated rings. The second kappa shape index (κ2) is 7.85. The summed E-state index contributed by atoms with van der Waals surface area (Å²) in [7, 11) is -3.44. The van der Waals surface area contributed by atoms with Gasteiger partial charge in [-0.05, 0) is 26.0 Å². The Morgan fingerprint density at radius 2 is 1.80 bits per heavy atom. The Morgan fingerprint density at radius 3 is 2.40 bits per heavy atom. The van der Waals surface area contributed by atoms with Crippen LogP contribution in [0.15, 0.2) is 18.3 Å². The van der Waals surface area contributed by atoms with Gasteiger partial charge in [0.1, 0.15) is 0 Å². The number of hydrogen-bond acceptors (Lipinski definition) is 5. The van der Waals surface area contributed by atoms with Gasteiger partial charge in [0.05, 0.1) is 22.9 Å². The predicted octanol–water partition coefficient (Wildman–Crippen LogP) is 1.21. The third-order valence-corrected chi connectivity index (χ3v) is 6.89. The van der Waals surface area contributed by atoms with E-state index in [9.17, 15) is 8.42 Å². The van der Waals surface area contributed by atoms with Crippen molar-refractivity contribution < 1.29 is 13.2 Å². The Kier molecular flexibility index (Phi) is 5.97. The predicted molar refractivity (Wildman–Crippen MR) is 96.6 cm³/mol. The number of piperazine rings is 1. The quantitative estimate of drug-likeness (QED) is 0.775. The minimum absolute atomic E-state index is 0.0777. The molecule has 2 aliphatic rings. The molecule has 0 spiro atoms. The van der Waals surface area contributed by atoms with Gasteiger partial charge in [0.15, 0.2) is 0 Å². The largest absolute Gasteiger partial charge is 0.373 e. The van der Waals surface area contributed by atoms with E-state index in [1.807, 2.05) is 19.9 Å². The molecule has 2 saturated heterocycles. The third-order valence-electron chi connectivity index (χ3n) is 4.58. The Morgan fingerprint density at radius 1 is 1.16 bits per heavy atom. The van der Waals surface area contributed by atoms with Gasteiger partial charge >= 0.3 is 0 Å². The fourth-order valence-electron chi connectivity index (χ4n) is 3.35. The van der Waals surface area contributed by atoms with E-state index in [-0.39, 0.29) is 12.2 Å². The van der Waals surface area contributed by atoms with Crippen LogP contribution in [0.3, 0.4) is 0 Å². The van der Waals surface area contributed by atoms with Crippen molar-refractivity contribution in [2.45, 2.75) is 32.6 Å². The van der Waals surface area contributed by atoms with Gasteiger partial charge in [-0.3, -0.25) is 9.88 Å². The summed E-state index contributed by atoms with van der Waals surface area (Å²) in [5.74, 6) is 0. The molecule has 1 aromatic rings. The molecule has 3 heterocycles. The van der Waals surface area contributed by atoms with Crippen LogP contribution in [0.2, 0.25) is 5.02 Å². The van der Waals surface area contributed by atoms with Gasteiger partial charge < -0.3 is 4.74 Å². The molecule has 2 atom stereocenters. The summed E-state index contributed by atoms with van der Waals surface area (Å²) in [6, 6.07) is 3.63. The van der Waals surface area contributed by atoms with Crippen LogP contribution in [-0.4, -0.2) is 78.4 Å². The Labute approximate surface area is 154 Å². The van der Waals surface area contributed by atoms with Crippen LogP contribution < -0.4 is 0 Å². The van der Waals surface area contributed by atoms with E-state index in [4.69, 9.17) is 16.3 Å². The van der Waals surface area contributed by atoms with Crippen molar-refractivity contribution in [3.05, 3.63) is 29.0 Å². The first-order valence-corrected chi connectivity index (χ1v) is 10.4. The Hall–Kier alpha value is -0.770. The third kappa shape index (κ3) is 4.50. The number of halogens is 1. The van der Waals surface area contributed by atoms with Crippen molar-refractivity contribution >= 4 is 21.8 Å². The van der Waals surface area contributed by atoms with Crippen molar-refractivity contribution in [1.82, 2.24) is 18.5 Å². The minimum Gasteiger partial charge on any atom is -0.373 e. The lowest BCUT2D eigenvalue weighted by atomic mass is 10.3. The summed E-state index contributed by atoms with van der Waals surface area (Å²) in [5, 5.41) is 0.647. The smallest absolute Gasteiger partial charge is 0.282 e. The molecule has 140 valence electrons. The molecule has 1 aromatic heterocycles. The molecule has 2 aliphatic heterocycles. The van der Waals surface area contributed by atoms with E-state index in [1.54, 1.807) is 20.9 Å². The fourth-order valence-corrected chi connectivity index (χ4v) is 5.28. The van der Waals surface area contributed by atoms with Crippen molar-refractivity contribution in [2.75, 3.05) is 39.3 Å². The van der Waals surface area contributed by atoms with E-state index in [0.29, 0.717) is 50.8 Å². The molecule has 0 aromatic carbocycles. The second-order valence-electron chi connectivity index (χ2n) is 6.69. The van der Waals surface area contributed by atoms with Crippen molar-refractivity contribution in [3.8, 4) is 0 Å². The number of nitrogens with zero attached hydrogens (tertiary/aromatic N) is 4. The lowest BCUT2D eigenvalue weighted by molar-refractivity contribution is -0.0457. The average Bonchev–Trinajstić information content (AvgIpc) is 2.56. The van der Waals surface area contributed by atoms with Gasteiger partial charge in [-0.2, -0.15) is 17.0 Å². The highest BCUT2D eigenvalue weighted by Gasteiger charge is 2.36. The number of pyridine rings is 1. The molecule has 9 heteroatoms. The molecule has 0 bridgehead atoms. The molecular weight excluding hydrogens is 364 g/mol. The molecule has 0 radical (unpaired) electrons.